The van der Waals surface area contributed by atoms with Crippen molar-refractivity contribution in [3.8, 4) is 5.75 Å². The summed E-state index contributed by atoms with van der Waals surface area (Å²) in [5, 5.41) is 50.3. The molecular formula is C37H60O12. The van der Waals surface area contributed by atoms with Crippen LogP contribution in [0.15, 0.2) is 30.3 Å². The maximum absolute atomic E-state index is 10.7. The zero-order valence-electron chi connectivity index (χ0n) is 29.4. The van der Waals surface area contributed by atoms with Crippen molar-refractivity contribution in [3.63, 3.8) is 0 Å². The predicted octanol–water partition coefficient (Wildman–Crippen LogP) is 7.90. The fourth-order valence-electron chi connectivity index (χ4n) is 4.58. The largest absolute Gasteiger partial charge is 0.493 e. The fourth-order valence-corrected chi connectivity index (χ4v) is 4.58. The Balaban J connectivity index is 0. The molecule has 1 aromatic rings. The van der Waals surface area contributed by atoms with E-state index >= 15 is 0 Å². The molecule has 0 aliphatic carbocycles. The number of hydrogen-bond donors (Lipinski definition) is 6. The van der Waals surface area contributed by atoms with Gasteiger partial charge in [-0.1, -0.05) is 128 Å². The van der Waals surface area contributed by atoms with Gasteiger partial charge in [-0.15, -0.1) is 0 Å². The lowest BCUT2D eigenvalue weighted by Gasteiger charge is -2.09. The molecule has 1 atom stereocenters. The first kappa shape index (κ1) is 47.2. The number of rotatable bonds is 27. The van der Waals surface area contributed by atoms with Crippen LogP contribution < -0.4 is 4.74 Å². The molecule has 0 fully saturated rings. The second-order valence-electron chi connectivity index (χ2n) is 11.9. The summed E-state index contributed by atoms with van der Waals surface area (Å²) in [6, 6.07) is 7.57. The Morgan fingerprint density at radius 1 is 0.633 bits per heavy atom. The molecule has 0 saturated heterocycles. The quantitative estimate of drug-likeness (QED) is 0.0382. The molecule has 280 valence electrons. The molecule has 0 aliphatic heterocycles. The Labute approximate surface area is 291 Å². The maximum Gasteiger partial charge on any atom is 0.332 e. The summed E-state index contributed by atoms with van der Waals surface area (Å²) in [4.78, 5) is 50.9. The van der Waals surface area contributed by atoms with Gasteiger partial charge in [-0.3, -0.25) is 14.4 Å². The van der Waals surface area contributed by atoms with Crippen molar-refractivity contribution in [1.82, 2.24) is 0 Å². The Morgan fingerprint density at radius 3 is 1.49 bits per heavy atom. The summed E-state index contributed by atoms with van der Waals surface area (Å²) in [5.74, 6) is -6.69. The molecule has 49 heavy (non-hydrogen) atoms. The number of ether oxygens (including phenoxy) is 1. The summed E-state index contributed by atoms with van der Waals surface area (Å²) in [6.45, 7) is 4.92. The molecule has 1 unspecified atom stereocenters. The average Bonchev–Trinajstić information content (AvgIpc) is 3.04. The van der Waals surface area contributed by atoms with Crippen LogP contribution in [0.25, 0.3) is 6.08 Å². The van der Waals surface area contributed by atoms with Gasteiger partial charge in [0.05, 0.1) is 25.4 Å². The van der Waals surface area contributed by atoms with Gasteiger partial charge in [-0.2, -0.15) is 0 Å². The van der Waals surface area contributed by atoms with E-state index in [1.807, 2.05) is 31.2 Å². The number of unbranched alkanes of at least 4 members (excludes halogenated alkanes) is 14. The van der Waals surface area contributed by atoms with Crippen LogP contribution in [0, 0.1) is 5.92 Å². The second-order valence-corrected chi connectivity index (χ2v) is 11.9. The van der Waals surface area contributed by atoms with Crippen LogP contribution in [-0.4, -0.2) is 73.2 Å². The van der Waals surface area contributed by atoms with Crippen molar-refractivity contribution in [2.24, 2.45) is 5.92 Å². The lowest BCUT2D eigenvalue weighted by Crippen LogP contribution is -2.20. The van der Waals surface area contributed by atoms with Crippen molar-refractivity contribution >= 4 is 35.9 Å². The van der Waals surface area contributed by atoms with Gasteiger partial charge in [-0.25, -0.2) is 9.59 Å². The Morgan fingerprint density at radius 2 is 1.08 bits per heavy atom. The highest BCUT2D eigenvalue weighted by molar-refractivity contribution is 5.86. The lowest BCUT2D eigenvalue weighted by atomic mass is 10.0. The number of hydrogen-bond acceptors (Lipinski definition) is 7. The zero-order chi connectivity index (χ0) is 37.3. The van der Waals surface area contributed by atoms with Gasteiger partial charge >= 0.3 is 29.8 Å². The van der Waals surface area contributed by atoms with Gasteiger partial charge in [0.2, 0.25) is 0 Å². The van der Waals surface area contributed by atoms with Crippen molar-refractivity contribution < 1.29 is 59.3 Å². The Hall–Kier alpha value is -3.93. The summed E-state index contributed by atoms with van der Waals surface area (Å²) in [6.07, 6.45) is 21.1. The Kier molecular flexibility index (Phi) is 31.4. The minimum Gasteiger partial charge on any atom is -0.493 e. The van der Waals surface area contributed by atoms with Crippen molar-refractivity contribution in [2.75, 3.05) is 6.61 Å². The molecule has 6 N–H and O–H groups in total. The summed E-state index contributed by atoms with van der Waals surface area (Å²) < 4.78 is 5.83. The second kappa shape index (κ2) is 32.6. The Bertz CT molecular complexity index is 1050. The minimum atomic E-state index is -1.40. The van der Waals surface area contributed by atoms with E-state index in [4.69, 9.17) is 35.4 Å². The van der Waals surface area contributed by atoms with E-state index in [9.17, 15) is 24.0 Å². The van der Waals surface area contributed by atoms with Crippen LogP contribution >= 0.6 is 0 Å². The molecule has 0 amide bonds. The van der Waals surface area contributed by atoms with Crippen LogP contribution in [0.2, 0.25) is 0 Å². The number of para-hydroxylation sites is 1. The molecule has 0 saturated carbocycles. The van der Waals surface area contributed by atoms with Crippen LogP contribution in [0.4, 0.5) is 0 Å². The smallest absolute Gasteiger partial charge is 0.332 e. The first-order valence-corrected chi connectivity index (χ1v) is 17.6. The highest BCUT2D eigenvalue weighted by Crippen LogP contribution is 2.20. The number of aliphatic carboxylic acids is 5. The first-order chi connectivity index (χ1) is 23.3. The van der Waals surface area contributed by atoms with E-state index in [2.05, 4.69) is 6.92 Å². The molecule has 0 radical (unpaired) electrons. The standard InChI is InChI=1S/C25H40O3.C6H8O6.C6H12O3/c1-2-3-4-5-6-7-8-9-10-11-12-13-14-17-22-28-24-19-16-15-18-23(24)20-21-25(26)27;7-4(8)1-3(6(11)12)2-5(9)10;1-2-3-4-5(7)6(8)9/h15-16,18-21H,2-14,17,22H2,1H3,(H,26,27);3H,1-2H2,(H,7,8)(H,9,10)(H,11,12);5,7H,2-4H2,1H3,(H,8,9)/b21-20+;;. The molecule has 0 aliphatic rings. The summed E-state index contributed by atoms with van der Waals surface area (Å²) in [5.41, 5.74) is 0.815. The van der Waals surface area contributed by atoms with Crippen LogP contribution in [0.1, 0.15) is 141 Å². The number of carbonyl (C=O) groups is 5. The number of carboxylic acids is 5. The normalized spacial score (nSPS) is 11.2. The van der Waals surface area contributed by atoms with Crippen LogP contribution in [0.5, 0.6) is 5.75 Å². The highest BCUT2D eigenvalue weighted by atomic mass is 16.5. The van der Waals surface area contributed by atoms with E-state index in [0.717, 1.165) is 36.7 Å². The third kappa shape index (κ3) is 32.4. The molecule has 0 heterocycles. The predicted molar refractivity (Wildman–Crippen MR) is 188 cm³/mol. The topological polar surface area (TPSA) is 216 Å². The number of aliphatic hydroxyl groups excluding tert-OH is 1. The molecule has 12 nitrogen and oxygen atoms in total. The molecule has 0 bridgehead atoms. The van der Waals surface area contributed by atoms with Crippen molar-refractivity contribution in [3.05, 3.63) is 35.9 Å². The van der Waals surface area contributed by atoms with Crippen molar-refractivity contribution in [1.29, 1.82) is 0 Å². The van der Waals surface area contributed by atoms with Gasteiger partial charge in [0.1, 0.15) is 5.75 Å². The monoisotopic (exact) mass is 696 g/mol. The molecule has 0 aromatic heterocycles. The lowest BCUT2D eigenvalue weighted by molar-refractivity contribution is -0.152. The molecule has 1 aromatic carbocycles. The van der Waals surface area contributed by atoms with E-state index in [0.29, 0.717) is 13.0 Å². The van der Waals surface area contributed by atoms with Crippen molar-refractivity contribution in [2.45, 2.75) is 142 Å². The summed E-state index contributed by atoms with van der Waals surface area (Å²) >= 11 is 0. The van der Waals surface area contributed by atoms with Gasteiger partial charge in [0.25, 0.3) is 0 Å². The highest BCUT2D eigenvalue weighted by Gasteiger charge is 2.23. The SMILES string of the molecule is CCCCC(O)C(=O)O.CCCCCCCCCCCCCCCCOc1ccccc1/C=C/C(=O)O.O=C(O)CC(CC(=O)O)C(=O)O. The molecular weight excluding hydrogens is 636 g/mol. The maximum atomic E-state index is 10.7. The average molecular weight is 697 g/mol. The third-order valence-corrected chi connectivity index (χ3v) is 7.39. The van der Waals surface area contributed by atoms with Crippen LogP contribution in [-0.2, 0) is 24.0 Å². The van der Waals surface area contributed by atoms with Gasteiger partial charge in [0, 0.05) is 11.6 Å². The van der Waals surface area contributed by atoms with Gasteiger partial charge < -0.3 is 35.4 Å². The van der Waals surface area contributed by atoms with Gasteiger partial charge in [0.15, 0.2) is 6.10 Å². The summed E-state index contributed by atoms with van der Waals surface area (Å²) in [7, 11) is 0. The van der Waals surface area contributed by atoms with Gasteiger partial charge in [-0.05, 0) is 25.0 Å². The number of aliphatic hydroxyl groups is 1. The fraction of sp³-hybridized carbons (Fsp3) is 0.649. The molecule has 12 heteroatoms. The minimum absolute atomic E-state index is 0.367. The number of carboxylic acid groups (broad SMARTS) is 5. The van der Waals surface area contributed by atoms with E-state index in [1.165, 1.54) is 83.5 Å². The molecule has 1 rings (SSSR count). The van der Waals surface area contributed by atoms with E-state index in [1.54, 1.807) is 6.08 Å². The third-order valence-electron chi connectivity index (χ3n) is 7.39. The van der Waals surface area contributed by atoms with E-state index < -0.39 is 54.7 Å². The van der Waals surface area contributed by atoms with Crippen LogP contribution in [0.3, 0.4) is 0 Å². The molecule has 0 spiro atoms. The first-order valence-electron chi connectivity index (χ1n) is 17.6. The zero-order valence-corrected chi connectivity index (χ0v) is 29.4. The van der Waals surface area contributed by atoms with E-state index in [-0.39, 0.29) is 0 Å². The number of benzene rings is 1.